The van der Waals surface area contributed by atoms with Crippen LogP contribution in [0.3, 0.4) is 0 Å². The predicted molar refractivity (Wildman–Crippen MR) is 87.0 cm³/mol. The van der Waals surface area contributed by atoms with E-state index in [1.54, 1.807) is 0 Å². The molecule has 1 fully saturated rings. The number of halogens is 1. The van der Waals surface area contributed by atoms with Crippen molar-refractivity contribution < 1.29 is 9.18 Å². The Morgan fingerprint density at radius 1 is 1.43 bits per heavy atom. The van der Waals surface area contributed by atoms with E-state index in [4.69, 9.17) is 0 Å². The smallest absolute Gasteiger partial charge is 0.286 e. The third-order valence-corrected chi connectivity index (χ3v) is 4.65. The Kier molecular flexibility index (Phi) is 4.94. The summed E-state index contributed by atoms with van der Waals surface area (Å²) in [6.45, 7) is 5.73. The minimum absolute atomic E-state index is 0.312. The van der Waals surface area contributed by atoms with Gasteiger partial charge in [-0.3, -0.25) is 9.69 Å². The number of hydrogen-bond donors (Lipinski definition) is 2. The summed E-state index contributed by atoms with van der Waals surface area (Å²) in [7, 11) is 0. The van der Waals surface area contributed by atoms with E-state index in [-0.39, 0.29) is 11.7 Å². The molecule has 6 nitrogen and oxygen atoms in total. The summed E-state index contributed by atoms with van der Waals surface area (Å²) in [5, 5.41) is 15.2. The van der Waals surface area contributed by atoms with Crippen molar-refractivity contribution in [3.63, 3.8) is 0 Å². The zero-order valence-corrected chi connectivity index (χ0v) is 13.6. The lowest BCUT2D eigenvalue weighted by molar-refractivity contribution is 0.102. The molecule has 1 aromatic carbocycles. The van der Waals surface area contributed by atoms with E-state index in [1.807, 2.05) is 0 Å². The molecule has 0 saturated carbocycles. The highest BCUT2D eigenvalue weighted by molar-refractivity contribution is 7.13. The van der Waals surface area contributed by atoms with Crippen molar-refractivity contribution in [2.24, 2.45) is 0 Å². The number of benzene rings is 1. The monoisotopic (exact) mass is 335 g/mol. The Hall–Kier alpha value is -1.90. The summed E-state index contributed by atoms with van der Waals surface area (Å²) >= 11 is 1.29. The van der Waals surface area contributed by atoms with Crippen molar-refractivity contribution in [2.45, 2.75) is 19.5 Å². The average Bonchev–Trinajstić information content (AvgIpc) is 3.01. The summed E-state index contributed by atoms with van der Waals surface area (Å²) in [6, 6.07) is 6.05. The second kappa shape index (κ2) is 7.12. The van der Waals surface area contributed by atoms with Crippen LogP contribution in [0.1, 0.15) is 21.7 Å². The molecule has 0 aliphatic carbocycles. The van der Waals surface area contributed by atoms with E-state index in [0.29, 0.717) is 23.3 Å². The average molecular weight is 335 g/mol. The Bertz CT molecular complexity index is 675. The molecular formula is C15H18FN5OS. The molecule has 2 N–H and O–H groups in total. The maximum absolute atomic E-state index is 12.9. The largest absolute Gasteiger partial charge is 0.320 e. The molecular weight excluding hydrogens is 317 g/mol. The molecule has 3 rings (SSSR count). The summed E-state index contributed by atoms with van der Waals surface area (Å²) in [4.78, 5) is 14.5. The van der Waals surface area contributed by atoms with Gasteiger partial charge in [-0.05, 0) is 31.2 Å². The van der Waals surface area contributed by atoms with E-state index >= 15 is 0 Å². The molecule has 0 unspecified atom stereocenters. The van der Waals surface area contributed by atoms with Gasteiger partial charge in [-0.25, -0.2) is 4.39 Å². The first-order chi connectivity index (χ1) is 11.1. The molecule has 2 aromatic rings. The van der Waals surface area contributed by atoms with Crippen molar-refractivity contribution in [1.29, 1.82) is 0 Å². The topological polar surface area (TPSA) is 70.1 Å². The first-order valence-corrected chi connectivity index (χ1v) is 8.27. The Morgan fingerprint density at radius 3 is 2.96 bits per heavy atom. The summed E-state index contributed by atoms with van der Waals surface area (Å²) in [6.07, 6.45) is 0. The van der Waals surface area contributed by atoms with Crippen molar-refractivity contribution in [1.82, 2.24) is 20.4 Å². The summed E-state index contributed by atoms with van der Waals surface area (Å²) in [5.41, 5.74) is 0.531. The molecule has 1 aliphatic heterocycles. The van der Waals surface area contributed by atoms with Gasteiger partial charge in [0.2, 0.25) is 5.01 Å². The Balaban J connectivity index is 1.61. The van der Waals surface area contributed by atoms with Crippen LogP contribution in [-0.4, -0.2) is 46.7 Å². The first kappa shape index (κ1) is 16.0. The molecule has 1 atom stereocenters. The third-order valence-electron chi connectivity index (χ3n) is 3.74. The Morgan fingerprint density at radius 2 is 2.22 bits per heavy atom. The van der Waals surface area contributed by atoms with E-state index in [0.717, 1.165) is 24.6 Å². The van der Waals surface area contributed by atoms with Crippen molar-refractivity contribution in [2.75, 3.05) is 25.0 Å². The SMILES string of the molecule is C[C@@H]1CNCCN1Cc1nnc(C(=O)Nc2ccc(F)cc2)s1. The van der Waals surface area contributed by atoms with E-state index in [9.17, 15) is 9.18 Å². The van der Waals surface area contributed by atoms with Gasteiger partial charge in [-0.2, -0.15) is 0 Å². The van der Waals surface area contributed by atoms with Crippen LogP contribution in [0.25, 0.3) is 0 Å². The summed E-state index contributed by atoms with van der Waals surface area (Å²) in [5.74, 6) is -0.667. The highest BCUT2D eigenvalue weighted by atomic mass is 32.1. The highest BCUT2D eigenvalue weighted by Crippen LogP contribution is 2.17. The van der Waals surface area contributed by atoms with Gasteiger partial charge >= 0.3 is 0 Å². The van der Waals surface area contributed by atoms with Crippen molar-refractivity contribution in [3.8, 4) is 0 Å². The number of nitrogens with one attached hydrogen (secondary N) is 2. The van der Waals surface area contributed by atoms with Gasteiger partial charge in [0.1, 0.15) is 10.8 Å². The lowest BCUT2D eigenvalue weighted by atomic mass is 10.2. The standard InChI is InChI=1S/C15H18FN5OS/c1-10-8-17-6-7-21(10)9-13-19-20-15(23-13)14(22)18-12-4-2-11(16)3-5-12/h2-5,10,17H,6-9H2,1H3,(H,18,22)/t10-/m1/s1. The quantitative estimate of drug-likeness (QED) is 0.890. The maximum Gasteiger partial charge on any atom is 0.286 e. The van der Waals surface area contributed by atoms with Gasteiger partial charge in [-0.1, -0.05) is 11.3 Å². The zero-order chi connectivity index (χ0) is 16.2. The summed E-state index contributed by atoms with van der Waals surface area (Å²) < 4.78 is 12.9. The molecule has 1 saturated heterocycles. The second-order valence-corrected chi connectivity index (χ2v) is 6.55. The maximum atomic E-state index is 12.9. The molecule has 122 valence electrons. The molecule has 2 heterocycles. The van der Waals surface area contributed by atoms with E-state index in [1.165, 1.54) is 35.6 Å². The normalized spacial score (nSPS) is 18.8. The number of rotatable bonds is 4. The van der Waals surface area contributed by atoms with Crippen LogP contribution < -0.4 is 10.6 Å². The first-order valence-electron chi connectivity index (χ1n) is 7.46. The molecule has 0 spiro atoms. The Labute approximate surface area is 137 Å². The lowest BCUT2D eigenvalue weighted by Gasteiger charge is -2.32. The van der Waals surface area contributed by atoms with Crippen LogP contribution >= 0.6 is 11.3 Å². The van der Waals surface area contributed by atoms with Gasteiger partial charge in [0.15, 0.2) is 0 Å². The number of amides is 1. The minimum Gasteiger partial charge on any atom is -0.320 e. The molecule has 1 aromatic heterocycles. The molecule has 0 radical (unpaired) electrons. The highest BCUT2D eigenvalue weighted by Gasteiger charge is 2.20. The molecule has 0 bridgehead atoms. The third kappa shape index (κ3) is 4.10. The zero-order valence-electron chi connectivity index (χ0n) is 12.8. The van der Waals surface area contributed by atoms with Crippen LogP contribution in [0.4, 0.5) is 10.1 Å². The second-order valence-electron chi connectivity index (χ2n) is 5.49. The number of aromatic nitrogens is 2. The van der Waals surface area contributed by atoms with Crippen molar-refractivity contribution in [3.05, 3.63) is 40.1 Å². The van der Waals surface area contributed by atoms with Gasteiger partial charge in [0.05, 0.1) is 6.54 Å². The number of anilines is 1. The number of hydrogen-bond acceptors (Lipinski definition) is 6. The van der Waals surface area contributed by atoms with Crippen LogP contribution in [0, 0.1) is 5.82 Å². The van der Waals surface area contributed by atoms with Crippen LogP contribution in [-0.2, 0) is 6.54 Å². The van der Waals surface area contributed by atoms with Gasteiger partial charge in [0.25, 0.3) is 5.91 Å². The lowest BCUT2D eigenvalue weighted by Crippen LogP contribution is -2.49. The minimum atomic E-state index is -0.341. The van der Waals surface area contributed by atoms with Gasteiger partial charge in [-0.15, -0.1) is 10.2 Å². The molecule has 1 aliphatic rings. The van der Waals surface area contributed by atoms with E-state index in [2.05, 4.69) is 32.7 Å². The van der Waals surface area contributed by atoms with Gasteiger partial charge < -0.3 is 10.6 Å². The predicted octanol–water partition coefficient (Wildman–Crippen LogP) is 1.72. The number of carbonyl (C=O) groups excluding carboxylic acids is 1. The fourth-order valence-electron chi connectivity index (χ4n) is 2.42. The number of carbonyl (C=O) groups is 1. The molecule has 8 heteroatoms. The van der Waals surface area contributed by atoms with Crippen LogP contribution in [0.2, 0.25) is 0 Å². The number of piperazine rings is 1. The van der Waals surface area contributed by atoms with Gasteiger partial charge in [0, 0.05) is 31.4 Å². The van der Waals surface area contributed by atoms with Crippen molar-refractivity contribution >= 4 is 22.9 Å². The fourth-order valence-corrected chi connectivity index (χ4v) is 3.18. The van der Waals surface area contributed by atoms with Crippen LogP contribution in [0.15, 0.2) is 24.3 Å². The number of nitrogens with zero attached hydrogens (tertiary/aromatic N) is 3. The van der Waals surface area contributed by atoms with E-state index < -0.39 is 0 Å². The molecule has 23 heavy (non-hydrogen) atoms. The molecule has 1 amide bonds. The van der Waals surface area contributed by atoms with Crippen LogP contribution in [0.5, 0.6) is 0 Å². The fraction of sp³-hybridized carbons (Fsp3) is 0.400.